The summed E-state index contributed by atoms with van der Waals surface area (Å²) in [6, 6.07) is 8.74. The molecule has 0 saturated carbocycles. The van der Waals surface area contributed by atoms with Crippen LogP contribution in [0.5, 0.6) is 0 Å². The van der Waals surface area contributed by atoms with E-state index in [9.17, 15) is 4.79 Å². The second kappa shape index (κ2) is 5.62. The van der Waals surface area contributed by atoms with Gasteiger partial charge in [-0.05, 0) is 11.6 Å². The molecule has 2 nitrogen and oxygen atoms in total. The predicted octanol–water partition coefficient (Wildman–Crippen LogP) is 1.88. The van der Waals surface area contributed by atoms with Crippen molar-refractivity contribution in [2.75, 3.05) is 0 Å². The molecule has 0 aliphatic rings. The maximum atomic E-state index is 10.4. The molecule has 0 aliphatic heterocycles. The zero-order valence-corrected chi connectivity index (χ0v) is 6.54. The smallest absolute Gasteiger partial charge is 0.252 e. The third-order valence-corrected chi connectivity index (χ3v) is 1.22. The molecule has 1 rings (SSSR count). The first-order chi connectivity index (χ1) is 5.30. The van der Waals surface area contributed by atoms with Gasteiger partial charge in [-0.15, -0.1) is 0 Å². The summed E-state index contributed by atoms with van der Waals surface area (Å²) in [5.74, 6) is 0. The molecular weight excluding hydrogens is 164 g/mol. The van der Waals surface area contributed by atoms with Crippen molar-refractivity contribution >= 4 is 23.6 Å². The Kier molecular flexibility index (Phi) is 5.03. The molecule has 0 spiro atoms. The first-order valence-corrected chi connectivity index (χ1v) is 3.22. The fraction of sp³-hybridized carbons (Fsp3) is 0. The molecule has 0 fully saturated rings. The van der Waals surface area contributed by atoms with E-state index in [4.69, 9.17) is 16.4 Å². The zero-order valence-electron chi connectivity index (χ0n) is 5.79. The number of hydrogen-bond donors (Lipinski definition) is 0. The Morgan fingerprint density at radius 1 is 1.18 bits per heavy atom. The van der Waals surface area contributed by atoms with Crippen molar-refractivity contribution in [2.45, 2.75) is 0 Å². The van der Waals surface area contributed by atoms with E-state index in [1.54, 1.807) is 24.3 Å². The van der Waals surface area contributed by atoms with Gasteiger partial charge in [-0.1, -0.05) is 30.3 Å². The lowest BCUT2D eigenvalue weighted by Crippen LogP contribution is -1.84. The van der Waals surface area contributed by atoms with Crippen LogP contribution in [0.15, 0.2) is 30.3 Å². The maximum Gasteiger partial charge on any atom is 0.252 e. The van der Waals surface area contributed by atoms with Crippen LogP contribution in [0.2, 0.25) is 0 Å². The highest BCUT2D eigenvalue weighted by Gasteiger charge is 1.95. The fourth-order valence-corrected chi connectivity index (χ4v) is 0.695. The quantitative estimate of drug-likeness (QED) is 0.603. The fourth-order valence-electron chi connectivity index (χ4n) is 0.569. The van der Waals surface area contributed by atoms with Crippen LogP contribution in [0.1, 0.15) is 10.4 Å². The molecule has 0 atom stereocenters. The van der Waals surface area contributed by atoms with E-state index in [0.717, 1.165) is 0 Å². The number of benzene rings is 1. The first kappa shape index (κ1) is 9.85. The Hall–Kier alpha value is -1.15. The predicted molar refractivity (Wildman–Crippen MR) is 43.7 cm³/mol. The standard InChI is InChI=1S/C7H5ClO.CH2O/c8-7(9)6-4-2-1-3-5-6;1-2/h1-5H;1H2. The van der Waals surface area contributed by atoms with Crippen molar-refractivity contribution in [2.24, 2.45) is 0 Å². The van der Waals surface area contributed by atoms with Crippen LogP contribution in [-0.2, 0) is 4.79 Å². The summed E-state index contributed by atoms with van der Waals surface area (Å²) in [5.41, 5.74) is 0.541. The normalized spacial score (nSPS) is 7.73. The molecule has 0 bridgehead atoms. The van der Waals surface area contributed by atoms with Gasteiger partial charge in [0.25, 0.3) is 5.24 Å². The molecule has 1 aromatic carbocycles. The minimum Gasteiger partial charge on any atom is -0.307 e. The summed E-state index contributed by atoms with van der Waals surface area (Å²) < 4.78 is 0. The molecule has 0 amide bonds. The van der Waals surface area contributed by atoms with Crippen molar-refractivity contribution in [1.29, 1.82) is 0 Å². The Labute approximate surface area is 69.8 Å². The van der Waals surface area contributed by atoms with E-state index in [-0.39, 0.29) is 0 Å². The van der Waals surface area contributed by atoms with E-state index >= 15 is 0 Å². The molecule has 0 aliphatic carbocycles. The van der Waals surface area contributed by atoms with Crippen LogP contribution in [0, 0.1) is 0 Å². The third kappa shape index (κ3) is 3.53. The highest BCUT2D eigenvalue weighted by Crippen LogP contribution is 2.01. The van der Waals surface area contributed by atoms with Gasteiger partial charge in [0.05, 0.1) is 0 Å². The summed E-state index contributed by atoms with van der Waals surface area (Å²) >= 11 is 5.16. The average Bonchev–Trinajstić information content (AvgIpc) is 2.10. The highest BCUT2D eigenvalue weighted by molar-refractivity contribution is 6.67. The third-order valence-electron chi connectivity index (χ3n) is 1.00. The van der Waals surface area contributed by atoms with Gasteiger partial charge in [-0.2, -0.15) is 0 Å². The van der Waals surface area contributed by atoms with Gasteiger partial charge in [-0.25, -0.2) is 0 Å². The van der Waals surface area contributed by atoms with E-state index in [1.165, 1.54) is 0 Å². The van der Waals surface area contributed by atoms with Crippen LogP contribution < -0.4 is 0 Å². The lowest BCUT2D eigenvalue weighted by molar-refractivity contribution is -0.0979. The second-order valence-corrected chi connectivity index (χ2v) is 1.98. The van der Waals surface area contributed by atoms with E-state index in [2.05, 4.69) is 0 Å². The summed E-state index contributed by atoms with van der Waals surface area (Å²) in [4.78, 5) is 18.4. The molecular formula is C8H7ClO2. The number of carbonyl (C=O) groups excluding carboxylic acids is 2. The van der Waals surface area contributed by atoms with Crippen LogP contribution in [0.4, 0.5) is 0 Å². The first-order valence-electron chi connectivity index (χ1n) is 2.84. The molecule has 58 valence electrons. The van der Waals surface area contributed by atoms with Crippen molar-refractivity contribution in [3.8, 4) is 0 Å². The molecule has 0 unspecified atom stereocenters. The number of hydrogen-bond acceptors (Lipinski definition) is 2. The Balaban J connectivity index is 0.000000461. The van der Waals surface area contributed by atoms with Gasteiger partial charge in [-0.3, -0.25) is 4.79 Å². The molecule has 0 heterocycles. The van der Waals surface area contributed by atoms with Crippen molar-refractivity contribution in [3.63, 3.8) is 0 Å². The Morgan fingerprint density at radius 3 is 1.91 bits per heavy atom. The summed E-state index contributed by atoms with van der Waals surface area (Å²) in [7, 11) is 0. The van der Waals surface area contributed by atoms with Gasteiger partial charge in [0.15, 0.2) is 0 Å². The van der Waals surface area contributed by atoms with Gasteiger partial charge < -0.3 is 4.79 Å². The zero-order chi connectivity index (χ0) is 8.69. The number of carbonyl (C=O) groups is 2. The van der Waals surface area contributed by atoms with Crippen molar-refractivity contribution < 1.29 is 9.59 Å². The van der Waals surface area contributed by atoms with E-state index < -0.39 is 5.24 Å². The van der Waals surface area contributed by atoms with Gasteiger partial charge >= 0.3 is 0 Å². The molecule has 0 aromatic heterocycles. The lowest BCUT2D eigenvalue weighted by atomic mass is 10.2. The molecule has 11 heavy (non-hydrogen) atoms. The average molecular weight is 171 g/mol. The van der Waals surface area contributed by atoms with Crippen molar-refractivity contribution in [1.82, 2.24) is 0 Å². The highest BCUT2D eigenvalue weighted by atomic mass is 35.5. The summed E-state index contributed by atoms with van der Waals surface area (Å²) in [6.45, 7) is 2.00. The van der Waals surface area contributed by atoms with Crippen molar-refractivity contribution in [3.05, 3.63) is 35.9 Å². The molecule has 0 radical (unpaired) electrons. The Morgan fingerprint density at radius 2 is 1.64 bits per heavy atom. The summed E-state index contributed by atoms with van der Waals surface area (Å²) in [6.07, 6.45) is 0. The van der Waals surface area contributed by atoms with Crippen LogP contribution in [-0.4, -0.2) is 12.0 Å². The largest absolute Gasteiger partial charge is 0.307 e. The molecule has 3 heteroatoms. The second-order valence-electron chi connectivity index (χ2n) is 1.64. The monoisotopic (exact) mass is 170 g/mol. The van der Waals surface area contributed by atoms with E-state index in [0.29, 0.717) is 5.56 Å². The maximum absolute atomic E-state index is 10.4. The van der Waals surface area contributed by atoms with Gasteiger partial charge in [0, 0.05) is 5.56 Å². The topological polar surface area (TPSA) is 34.1 Å². The van der Waals surface area contributed by atoms with E-state index in [1.807, 2.05) is 12.9 Å². The summed E-state index contributed by atoms with van der Waals surface area (Å²) in [5, 5.41) is -0.407. The SMILES string of the molecule is C=O.O=C(Cl)c1ccccc1. The minimum absolute atomic E-state index is 0.407. The van der Waals surface area contributed by atoms with Crippen LogP contribution >= 0.6 is 11.6 Å². The van der Waals surface area contributed by atoms with Crippen LogP contribution in [0.25, 0.3) is 0 Å². The minimum atomic E-state index is -0.407. The van der Waals surface area contributed by atoms with Crippen LogP contribution in [0.3, 0.4) is 0 Å². The van der Waals surface area contributed by atoms with Gasteiger partial charge in [0.2, 0.25) is 0 Å². The molecule has 0 N–H and O–H groups in total. The number of rotatable bonds is 1. The number of halogens is 1. The molecule has 1 aromatic rings. The Bertz CT molecular complexity index is 221. The van der Waals surface area contributed by atoms with Gasteiger partial charge in [0.1, 0.15) is 6.79 Å². The lowest BCUT2D eigenvalue weighted by Gasteiger charge is -1.87. The molecule has 0 saturated heterocycles.